The first-order valence-corrected chi connectivity index (χ1v) is 11.2. The summed E-state index contributed by atoms with van der Waals surface area (Å²) < 4.78 is 10.7. The van der Waals surface area contributed by atoms with E-state index in [9.17, 15) is 4.79 Å². The second-order valence-electron chi connectivity index (χ2n) is 8.27. The molecule has 0 saturated heterocycles. The average molecular weight is 432 g/mol. The van der Waals surface area contributed by atoms with E-state index in [1.165, 1.54) is 11.1 Å². The highest BCUT2D eigenvalue weighted by atomic mass is 16.5. The van der Waals surface area contributed by atoms with E-state index in [1.54, 1.807) is 32.4 Å². The van der Waals surface area contributed by atoms with Crippen molar-refractivity contribution in [2.24, 2.45) is 0 Å². The van der Waals surface area contributed by atoms with Crippen molar-refractivity contribution in [3.63, 3.8) is 0 Å². The Labute approximate surface area is 191 Å². The molecule has 0 spiro atoms. The maximum absolute atomic E-state index is 13.2. The van der Waals surface area contributed by atoms with Crippen LogP contribution in [0.2, 0.25) is 0 Å². The number of benzene rings is 3. The van der Waals surface area contributed by atoms with Crippen molar-refractivity contribution < 1.29 is 14.3 Å². The summed E-state index contributed by atoms with van der Waals surface area (Å²) in [6, 6.07) is 22.1. The smallest absolute Gasteiger partial charge is 0.165 e. The molecule has 0 aliphatic carbocycles. The minimum atomic E-state index is -0.149. The van der Waals surface area contributed by atoms with Crippen LogP contribution in [0.1, 0.15) is 66.2 Å². The number of carbonyl (C=O) groups excluding carboxylic acids is 1. The SMILES string of the molecule is CCc1ccc(NC(CC(=O)c2ccc(OC)c(OC)c2)c2ccc(C(C)C)cc2)cc1. The van der Waals surface area contributed by atoms with Crippen LogP contribution in [0.4, 0.5) is 5.69 Å². The molecule has 3 rings (SSSR count). The number of hydrogen-bond donors (Lipinski definition) is 1. The molecule has 1 unspecified atom stereocenters. The van der Waals surface area contributed by atoms with Crippen LogP contribution in [0.15, 0.2) is 66.7 Å². The van der Waals surface area contributed by atoms with Crippen LogP contribution in [0.25, 0.3) is 0 Å². The largest absolute Gasteiger partial charge is 0.493 e. The fourth-order valence-corrected chi connectivity index (χ4v) is 3.72. The molecular weight excluding hydrogens is 398 g/mol. The van der Waals surface area contributed by atoms with Gasteiger partial charge in [-0.2, -0.15) is 0 Å². The van der Waals surface area contributed by atoms with Gasteiger partial charge in [-0.1, -0.05) is 57.2 Å². The fourth-order valence-electron chi connectivity index (χ4n) is 3.72. The highest BCUT2D eigenvalue weighted by Crippen LogP contribution is 2.30. The number of Topliss-reactive ketones (excluding diaryl/α,β-unsaturated/α-hetero) is 1. The van der Waals surface area contributed by atoms with Gasteiger partial charge in [-0.05, 0) is 59.4 Å². The van der Waals surface area contributed by atoms with E-state index in [2.05, 4.69) is 74.6 Å². The number of nitrogens with one attached hydrogen (secondary N) is 1. The van der Waals surface area contributed by atoms with Gasteiger partial charge >= 0.3 is 0 Å². The zero-order chi connectivity index (χ0) is 23.1. The number of rotatable bonds is 10. The second kappa shape index (κ2) is 10.9. The maximum Gasteiger partial charge on any atom is 0.165 e. The summed E-state index contributed by atoms with van der Waals surface area (Å²) in [5.41, 5.74) is 5.26. The Morgan fingerprint density at radius 2 is 1.47 bits per heavy atom. The van der Waals surface area contributed by atoms with E-state index in [-0.39, 0.29) is 11.8 Å². The normalized spacial score (nSPS) is 11.8. The lowest BCUT2D eigenvalue weighted by Gasteiger charge is -2.21. The number of methoxy groups -OCH3 is 2. The quantitative estimate of drug-likeness (QED) is 0.358. The van der Waals surface area contributed by atoms with E-state index >= 15 is 0 Å². The molecule has 32 heavy (non-hydrogen) atoms. The minimum absolute atomic E-state index is 0.0431. The number of ketones is 1. The molecular formula is C28H33NO3. The number of anilines is 1. The minimum Gasteiger partial charge on any atom is -0.493 e. The molecule has 0 radical (unpaired) electrons. The lowest BCUT2D eigenvalue weighted by molar-refractivity contribution is 0.0976. The molecule has 0 bridgehead atoms. The number of hydrogen-bond acceptors (Lipinski definition) is 4. The van der Waals surface area contributed by atoms with Crippen LogP contribution in [-0.4, -0.2) is 20.0 Å². The first-order valence-electron chi connectivity index (χ1n) is 11.2. The Morgan fingerprint density at radius 1 is 0.844 bits per heavy atom. The van der Waals surface area contributed by atoms with Crippen LogP contribution in [0.3, 0.4) is 0 Å². The van der Waals surface area contributed by atoms with Crippen LogP contribution >= 0.6 is 0 Å². The summed E-state index contributed by atoms with van der Waals surface area (Å²) in [5, 5.41) is 3.57. The Hall–Kier alpha value is -3.27. The number of ether oxygens (including phenoxy) is 2. The van der Waals surface area contributed by atoms with Gasteiger partial charge < -0.3 is 14.8 Å². The van der Waals surface area contributed by atoms with Crippen LogP contribution in [0, 0.1) is 0 Å². The molecule has 0 aromatic heterocycles. The summed E-state index contributed by atoms with van der Waals surface area (Å²) in [4.78, 5) is 13.2. The molecule has 4 nitrogen and oxygen atoms in total. The van der Waals surface area contributed by atoms with Gasteiger partial charge in [0.25, 0.3) is 0 Å². The van der Waals surface area contributed by atoms with Crippen molar-refractivity contribution >= 4 is 11.5 Å². The molecule has 3 aromatic carbocycles. The molecule has 0 aliphatic rings. The van der Waals surface area contributed by atoms with Crippen molar-refractivity contribution in [1.29, 1.82) is 0 Å². The molecule has 0 amide bonds. The molecule has 1 N–H and O–H groups in total. The van der Waals surface area contributed by atoms with Crippen molar-refractivity contribution in [3.8, 4) is 11.5 Å². The molecule has 168 valence electrons. The third kappa shape index (κ3) is 5.70. The highest BCUT2D eigenvalue weighted by molar-refractivity contribution is 5.97. The number of carbonyl (C=O) groups is 1. The highest BCUT2D eigenvalue weighted by Gasteiger charge is 2.19. The van der Waals surface area contributed by atoms with E-state index in [0.717, 1.165) is 17.7 Å². The topological polar surface area (TPSA) is 47.6 Å². The van der Waals surface area contributed by atoms with Gasteiger partial charge in [-0.25, -0.2) is 0 Å². The molecule has 3 aromatic rings. The summed E-state index contributed by atoms with van der Waals surface area (Å²) >= 11 is 0. The second-order valence-corrected chi connectivity index (χ2v) is 8.27. The molecule has 4 heteroatoms. The van der Waals surface area contributed by atoms with Gasteiger partial charge in [0, 0.05) is 17.7 Å². The molecule has 0 fully saturated rings. The zero-order valence-corrected chi connectivity index (χ0v) is 19.6. The Morgan fingerprint density at radius 3 is 2.03 bits per heavy atom. The van der Waals surface area contributed by atoms with Crippen molar-refractivity contribution in [2.45, 2.75) is 45.6 Å². The van der Waals surface area contributed by atoms with Crippen molar-refractivity contribution in [2.75, 3.05) is 19.5 Å². The zero-order valence-electron chi connectivity index (χ0n) is 19.6. The third-order valence-corrected chi connectivity index (χ3v) is 5.80. The Kier molecular flexibility index (Phi) is 7.93. The monoisotopic (exact) mass is 431 g/mol. The Balaban J connectivity index is 1.88. The maximum atomic E-state index is 13.2. The van der Waals surface area contributed by atoms with Gasteiger partial charge in [0.2, 0.25) is 0 Å². The summed E-state index contributed by atoms with van der Waals surface area (Å²) in [6.45, 7) is 6.50. The van der Waals surface area contributed by atoms with Crippen molar-refractivity contribution in [3.05, 3.63) is 89.0 Å². The standard InChI is InChI=1S/C28H33NO3/c1-6-20-7-14-24(15-8-20)29-25(22-11-9-21(10-12-22)19(2)3)18-26(30)23-13-16-27(31-4)28(17-23)32-5/h7-17,19,25,29H,6,18H2,1-5H3. The summed E-state index contributed by atoms with van der Waals surface area (Å²) in [6.07, 6.45) is 1.32. The molecule has 0 aliphatic heterocycles. The van der Waals surface area contributed by atoms with Crippen molar-refractivity contribution in [1.82, 2.24) is 0 Å². The summed E-state index contributed by atoms with van der Waals surface area (Å²) in [5.74, 6) is 1.67. The summed E-state index contributed by atoms with van der Waals surface area (Å²) in [7, 11) is 3.16. The van der Waals surface area contributed by atoms with E-state index in [0.29, 0.717) is 29.4 Å². The van der Waals surface area contributed by atoms with Crippen LogP contribution < -0.4 is 14.8 Å². The van der Waals surface area contributed by atoms with E-state index in [4.69, 9.17) is 9.47 Å². The van der Waals surface area contributed by atoms with Gasteiger partial charge in [0.05, 0.1) is 20.3 Å². The lowest BCUT2D eigenvalue weighted by Crippen LogP contribution is -2.16. The van der Waals surface area contributed by atoms with Gasteiger partial charge in [-0.3, -0.25) is 4.79 Å². The van der Waals surface area contributed by atoms with Gasteiger partial charge in [0.15, 0.2) is 17.3 Å². The Bertz CT molecular complexity index is 1020. The average Bonchev–Trinajstić information content (AvgIpc) is 2.83. The van der Waals surface area contributed by atoms with Gasteiger partial charge in [-0.15, -0.1) is 0 Å². The molecule has 0 saturated carbocycles. The van der Waals surface area contributed by atoms with Crippen LogP contribution in [0.5, 0.6) is 11.5 Å². The fraction of sp³-hybridized carbons (Fsp3) is 0.321. The van der Waals surface area contributed by atoms with E-state index < -0.39 is 0 Å². The van der Waals surface area contributed by atoms with Gasteiger partial charge in [0.1, 0.15) is 0 Å². The first kappa shape index (κ1) is 23.4. The lowest BCUT2D eigenvalue weighted by atomic mass is 9.94. The van der Waals surface area contributed by atoms with E-state index in [1.807, 2.05) is 0 Å². The predicted molar refractivity (Wildman–Crippen MR) is 131 cm³/mol. The third-order valence-electron chi connectivity index (χ3n) is 5.80. The first-order chi connectivity index (χ1) is 15.4. The predicted octanol–water partition coefficient (Wildman–Crippen LogP) is 6.82. The number of aryl methyl sites for hydroxylation is 1. The van der Waals surface area contributed by atoms with Crippen LogP contribution in [-0.2, 0) is 6.42 Å². The molecule has 1 atom stereocenters. The molecule has 0 heterocycles.